The molecule has 0 bridgehead atoms. The highest BCUT2D eigenvalue weighted by Crippen LogP contribution is 2.29. The van der Waals surface area contributed by atoms with E-state index < -0.39 is 5.91 Å². The van der Waals surface area contributed by atoms with Gasteiger partial charge in [-0.25, -0.2) is 0 Å². The van der Waals surface area contributed by atoms with Gasteiger partial charge in [-0.3, -0.25) is 4.79 Å². The third kappa shape index (κ3) is 5.12. The van der Waals surface area contributed by atoms with E-state index in [4.69, 9.17) is 38.4 Å². The van der Waals surface area contributed by atoms with E-state index in [1.165, 1.54) is 0 Å². The van der Waals surface area contributed by atoms with Crippen LogP contribution >= 0.6 is 12.2 Å². The quantitative estimate of drug-likeness (QED) is 0.444. The lowest BCUT2D eigenvalue weighted by molar-refractivity contribution is -0.119. The van der Waals surface area contributed by atoms with Crippen LogP contribution in [0, 0.1) is 11.3 Å². The van der Waals surface area contributed by atoms with Gasteiger partial charge in [0.05, 0.1) is 12.2 Å². The first kappa shape index (κ1) is 16.5. The van der Waals surface area contributed by atoms with Gasteiger partial charge in [0.15, 0.2) is 18.1 Å². The number of carbonyl (C=O) groups excluding carboxylic acids is 1. The van der Waals surface area contributed by atoms with Crippen molar-refractivity contribution in [2.24, 2.45) is 11.5 Å². The van der Waals surface area contributed by atoms with Crippen LogP contribution in [0.2, 0.25) is 0 Å². The van der Waals surface area contributed by atoms with Crippen LogP contribution in [0.5, 0.6) is 11.5 Å². The zero-order valence-electron chi connectivity index (χ0n) is 11.5. The number of nitrogens with zero attached hydrogens (tertiary/aromatic N) is 1. The molecular weight excluding hydrogens is 290 g/mol. The molecule has 0 saturated carbocycles. The second kappa shape index (κ2) is 7.87. The van der Waals surface area contributed by atoms with Crippen LogP contribution in [-0.2, 0) is 4.79 Å². The van der Waals surface area contributed by atoms with Crippen LogP contribution in [0.4, 0.5) is 0 Å². The van der Waals surface area contributed by atoms with Crippen molar-refractivity contribution < 1.29 is 14.3 Å². The maximum Gasteiger partial charge on any atom is 0.255 e. The minimum absolute atomic E-state index is 0.0181. The van der Waals surface area contributed by atoms with Crippen LogP contribution in [0.3, 0.4) is 0 Å². The minimum atomic E-state index is -0.582. The number of nitrogens with two attached hydrogens (primary N) is 2. The van der Waals surface area contributed by atoms with Gasteiger partial charge in [-0.05, 0) is 30.7 Å². The number of nitriles is 1. The first-order chi connectivity index (χ1) is 9.97. The number of amides is 1. The fourth-order valence-electron chi connectivity index (χ4n) is 1.48. The predicted molar refractivity (Wildman–Crippen MR) is 82.7 cm³/mol. The van der Waals surface area contributed by atoms with Gasteiger partial charge in [-0.15, -0.1) is 0 Å². The first-order valence-corrected chi connectivity index (χ1v) is 6.48. The van der Waals surface area contributed by atoms with E-state index in [0.29, 0.717) is 23.7 Å². The molecule has 0 spiro atoms. The van der Waals surface area contributed by atoms with Gasteiger partial charge in [-0.2, -0.15) is 5.26 Å². The van der Waals surface area contributed by atoms with Crippen LogP contribution in [0.1, 0.15) is 12.5 Å². The summed E-state index contributed by atoms with van der Waals surface area (Å²) in [5.41, 5.74) is 11.3. The van der Waals surface area contributed by atoms with Crippen LogP contribution in [0.15, 0.2) is 23.8 Å². The molecule has 1 aromatic carbocycles. The summed E-state index contributed by atoms with van der Waals surface area (Å²) in [5.74, 6) is 0.246. The number of benzene rings is 1. The van der Waals surface area contributed by atoms with E-state index in [1.807, 2.05) is 13.0 Å². The molecule has 0 unspecified atom stereocenters. The Bertz CT molecular complexity index is 620. The number of ether oxygens (including phenoxy) is 2. The monoisotopic (exact) mass is 305 g/mol. The normalized spacial score (nSPS) is 10.6. The third-order valence-electron chi connectivity index (χ3n) is 2.33. The average Bonchev–Trinajstić information content (AvgIpc) is 2.43. The largest absolute Gasteiger partial charge is 0.490 e. The van der Waals surface area contributed by atoms with Crippen molar-refractivity contribution in [3.8, 4) is 17.6 Å². The standard InChI is InChI=1S/C14H15N3O3S/c1-2-19-12-6-9(5-10(7-15)14(17)21)3-4-11(12)20-8-13(16)18/h3-6H,2,8H2,1H3,(H2,16,18)(H2,17,21). The fourth-order valence-corrected chi connectivity index (χ4v) is 1.58. The van der Waals surface area contributed by atoms with Crippen molar-refractivity contribution >= 4 is 29.2 Å². The van der Waals surface area contributed by atoms with Crippen LogP contribution in [0.25, 0.3) is 6.08 Å². The topological polar surface area (TPSA) is 111 Å². The number of hydrogen-bond acceptors (Lipinski definition) is 5. The van der Waals surface area contributed by atoms with E-state index >= 15 is 0 Å². The maximum absolute atomic E-state index is 10.8. The second-order valence-electron chi connectivity index (χ2n) is 3.93. The Labute approximate surface area is 127 Å². The summed E-state index contributed by atoms with van der Waals surface area (Å²) in [6.45, 7) is 1.99. The second-order valence-corrected chi connectivity index (χ2v) is 4.37. The average molecular weight is 305 g/mol. The van der Waals surface area contributed by atoms with Gasteiger partial charge in [0.25, 0.3) is 5.91 Å². The summed E-state index contributed by atoms with van der Waals surface area (Å²) >= 11 is 4.78. The maximum atomic E-state index is 10.8. The fraction of sp³-hybridized carbons (Fsp3) is 0.214. The lowest BCUT2D eigenvalue weighted by Gasteiger charge is -2.11. The zero-order chi connectivity index (χ0) is 15.8. The summed E-state index contributed by atoms with van der Waals surface area (Å²) in [6, 6.07) is 6.89. The van der Waals surface area contributed by atoms with Gasteiger partial charge in [0.2, 0.25) is 0 Å². The Morgan fingerprint density at radius 3 is 2.62 bits per heavy atom. The molecule has 1 aromatic rings. The van der Waals surface area contributed by atoms with Crippen molar-refractivity contribution in [1.29, 1.82) is 5.26 Å². The molecule has 1 amide bonds. The Balaban J connectivity index is 3.10. The highest BCUT2D eigenvalue weighted by Gasteiger charge is 2.08. The molecule has 0 fully saturated rings. The molecule has 0 aliphatic rings. The third-order valence-corrected chi connectivity index (χ3v) is 2.55. The van der Waals surface area contributed by atoms with E-state index in [1.54, 1.807) is 24.3 Å². The number of rotatable bonds is 7. The molecule has 4 N–H and O–H groups in total. The van der Waals surface area contributed by atoms with Crippen molar-refractivity contribution in [1.82, 2.24) is 0 Å². The number of hydrogen-bond donors (Lipinski definition) is 2. The Hall–Kier alpha value is -2.59. The number of carbonyl (C=O) groups is 1. The lowest BCUT2D eigenvalue weighted by Crippen LogP contribution is -2.20. The SMILES string of the molecule is CCOc1cc(C=C(C#N)C(N)=S)ccc1OCC(N)=O. The van der Waals surface area contributed by atoms with Crippen molar-refractivity contribution in [3.63, 3.8) is 0 Å². The van der Waals surface area contributed by atoms with Crippen LogP contribution < -0.4 is 20.9 Å². The number of primary amides is 1. The van der Waals surface area contributed by atoms with Gasteiger partial charge in [0.1, 0.15) is 11.1 Å². The van der Waals surface area contributed by atoms with Crippen LogP contribution in [-0.4, -0.2) is 24.1 Å². The molecule has 7 heteroatoms. The summed E-state index contributed by atoms with van der Waals surface area (Å²) in [6.07, 6.45) is 1.54. The molecule has 0 heterocycles. The predicted octanol–water partition coefficient (Wildman–Crippen LogP) is 1.14. The number of thiocarbonyl (C=S) groups is 1. The lowest BCUT2D eigenvalue weighted by atomic mass is 10.1. The Kier molecular flexibility index (Phi) is 6.17. The van der Waals surface area contributed by atoms with Crippen molar-refractivity contribution in [2.45, 2.75) is 6.92 Å². The van der Waals surface area contributed by atoms with E-state index in [9.17, 15) is 4.79 Å². The van der Waals surface area contributed by atoms with Gasteiger partial charge in [-0.1, -0.05) is 18.3 Å². The van der Waals surface area contributed by atoms with E-state index in [2.05, 4.69) is 0 Å². The Morgan fingerprint density at radius 1 is 1.38 bits per heavy atom. The summed E-state index contributed by atoms with van der Waals surface area (Å²) in [5, 5.41) is 8.94. The summed E-state index contributed by atoms with van der Waals surface area (Å²) in [7, 11) is 0. The Morgan fingerprint density at radius 2 is 2.10 bits per heavy atom. The smallest absolute Gasteiger partial charge is 0.255 e. The zero-order valence-corrected chi connectivity index (χ0v) is 12.3. The molecule has 110 valence electrons. The van der Waals surface area contributed by atoms with Gasteiger partial charge >= 0.3 is 0 Å². The molecule has 6 nitrogen and oxygen atoms in total. The minimum Gasteiger partial charge on any atom is -0.490 e. The highest BCUT2D eigenvalue weighted by molar-refractivity contribution is 7.80. The molecule has 0 aliphatic heterocycles. The van der Waals surface area contributed by atoms with Gasteiger partial charge in [0, 0.05) is 0 Å². The first-order valence-electron chi connectivity index (χ1n) is 6.07. The molecule has 0 aliphatic carbocycles. The summed E-state index contributed by atoms with van der Waals surface area (Å²) in [4.78, 5) is 10.8. The molecule has 0 radical (unpaired) electrons. The molecule has 21 heavy (non-hydrogen) atoms. The molecular formula is C14H15N3O3S. The van der Waals surface area contributed by atoms with Gasteiger partial charge < -0.3 is 20.9 Å². The van der Waals surface area contributed by atoms with Crippen molar-refractivity contribution in [3.05, 3.63) is 29.3 Å². The molecule has 0 atom stereocenters. The molecule has 0 saturated heterocycles. The molecule has 0 aromatic heterocycles. The highest BCUT2D eigenvalue weighted by atomic mass is 32.1. The summed E-state index contributed by atoms with van der Waals surface area (Å²) < 4.78 is 10.7. The van der Waals surface area contributed by atoms with E-state index in [0.717, 1.165) is 0 Å². The van der Waals surface area contributed by atoms with E-state index in [-0.39, 0.29) is 17.2 Å². The van der Waals surface area contributed by atoms with Crippen molar-refractivity contribution in [2.75, 3.05) is 13.2 Å². The molecule has 1 rings (SSSR count).